The van der Waals surface area contributed by atoms with Crippen molar-refractivity contribution < 1.29 is 67.1 Å². The molecule has 434 valence electrons. The van der Waals surface area contributed by atoms with Crippen LogP contribution in [0.2, 0.25) is 0 Å². The van der Waals surface area contributed by atoms with Crippen molar-refractivity contribution in [1.82, 2.24) is 30.1 Å². The summed E-state index contributed by atoms with van der Waals surface area (Å²) in [7, 11) is 0. The molecule has 0 spiro atoms. The zero-order valence-electron chi connectivity index (χ0n) is 45.2. The van der Waals surface area contributed by atoms with Crippen LogP contribution < -0.4 is 0 Å². The molecule has 12 fully saturated rings. The van der Waals surface area contributed by atoms with Crippen molar-refractivity contribution in [3.63, 3.8) is 0 Å². The van der Waals surface area contributed by atoms with Gasteiger partial charge < -0.3 is 74.9 Å². The van der Waals surface area contributed by atoms with Gasteiger partial charge in [-0.3, -0.25) is 0 Å². The maximum atomic E-state index is 5.41. The van der Waals surface area contributed by atoms with Crippen molar-refractivity contribution in [2.75, 3.05) is 39.3 Å². The Hall–Kier alpha value is 1.66. The summed E-state index contributed by atoms with van der Waals surface area (Å²) in [5.74, 6) is 4.89. The van der Waals surface area contributed by atoms with E-state index in [9.17, 15) is 0 Å². The van der Waals surface area contributed by atoms with Crippen LogP contribution in [0.4, 0.5) is 0 Å². The number of hydrogen-bond acceptors (Lipinski definition) is 6. The summed E-state index contributed by atoms with van der Waals surface area (Å²) in [5.41, 5.74) is 32.4. The van der Waals surface area contributed by atoms with Gasteiger partial charge in [0.1, 0.15) is 0 Å². The summed E-state index contributed by atoms with van der Waals surface area (Å²) in [6.07, 6.45) is 49.9. The molecule has 0 aromatic carbocycles. The molecule has 0 amide bonds. The molecule has 73 heavy (non-hydrogen) atoms. The standard InChI is InChI=1S/2C28H49N6.3Ag.2H2N/c2*1-4-10-22(11-5-1)25-16-19-32(29-25)28(33-20-17-26(30-33)23-12-6-2-7-13-23)34-21-18-27(31-34)24-14-8-3-9-15-24;;;;;/h2*22-28H,1-21H2;;;;2*1H2/q2*-3;3*+1;2*-1. The quantitative estimate of drug-likeness (QED) is 0.176. The summed E-state index contributed by atoms with van der Waals surface area (Å²) in [6.45, 7) is 6.54. The molecule has 6 heterocycles. The second kappa shape index (κ2) is 32.3. The van der Waals surface area contributed by atoms with Gasteiger partial charge in [0.15, 0.2) is 0 Å². The Labute approximate surface area is 493 Å². The summed E-state index contributed by atoms with van der Waals surface area (Å²) >= 11 is 0. The van der Waals surface area contributed by atoms with E-state index in [2.05, 4.69) is 30.1 Å². The molecule has 0 bridgehead atoms. The number of nitrogens with zero attached hydrogens (tertiary/aromatic N) is 12. The van der Waals surface area contributed by atoms with E-state index in [0.29, 0.717) is 36.3 Å². The molecule has 12 aliphatic rings. The predicted octanol–water partition coefficient (Wildman–Crippen LogP) is 15.6. The molecule has 12 rings (SSSR count). The first-order valence-corrected chi connectivity index (χ1v) is 30.5. The van der Waals surface area contributed by atoms with Gasteiger partial charge in [0.05, 0.1) is 12.6 Å². The zero-order valence-corrected chi connectivity index (χ0v) is 49.7. The van der Waals surface area contributed by atoms with Crippen molar-refractivity contribution in [2.24, 2.45) is 35.5 Å². The van der Waals surface area contributed by atoms with Crippen molar-refractivity contribution >= 4 is 0 Å². The first-order valence-electron chi connectivity index (χ1n) is 30.5. The maximum absolute atomic E-state index is 5.41. The van der Waals surface area contributed by atoms with Gasteiger partial charge >= 0.3 is 67.1 Å². The second-order valence-electron chi connectivity index (χ2n) is 24.9. The normalized spacial score (nSPS) is 35.0. The molecule has 0 aromatic rings. The third kappa shape index (κ3) is 16.4. The molecule has 4 N–H and O–H groups in total. The minimum Gasteiger partial charge on any atom is -0.693 e. The van der Waals surface area contributed by atoms with Crippen LogP contribution in [0.5, 0.6) is 0 Å². The van der Waals surface area contributed by atoms with Gasteiger partial charge in [0.2, 0.25) is 0 Å². The fourth-order valence-electron chi connectivity index (χ4n) is 16.5. The minimum absolute atomic E-state index is 0. The summed E-state index contributed by atoms with van der Waals surface area (Å²) in [4.78, 5) is 0. The van der Waals surface area contributed by atoms with Crippen LogP contribution in [0, 0.1) is 35.5 Å². The van der Waals surface area contributed by atoms with E-state index in [4.69, 9.17) is 32.6 Å². The number of hydrogen-bond donors (Lipinski definition) is 0. The predicted molar refractivity (Wildman–Crippen MR) is 288 cm³/mol. The average molecular weight is 1300 g/mol. The van der Waals surface area contributed by atoms with Gasteiger partial charge in [0, 0.05) is 0 Å². The molecule has 17 heteroatoms. The Morgan fingerprint density at radius 1 is 0.205 bits per heavy atom. The van der Waals surface area contributed by atoms with Gasteiger partial charge in [-0.1, -0.05) is 267 Å². The van der Waals surface area contributed by atoms with Gasteiger partial charge in [-0.15, -0.1) is 36.3 Å². The van der Waals surface area contributed by atoms with Crippen LogP contribution in [0.25, 0.3) is 44.9 Å². The Bertz CT molecular complexity index is 1210. The number of nitrogens with two attached hydrogens (primary N) is 2. The molecule has 0 radical (unpaired) electrons. The van der Waals surface area contributed by atoms with Crippen molar-refractivity contribution in [2.45, 2.75) is 280 Å². The van der Waals surface area contributed by atoms with Crippen molar-refractivity contribution in [3.8, 4) is 0 Å². The Morgan fingerprint density at radius 3 is 0.479 bits per heavy atom. The van der Waals surface area contributed by atoms with E-state index in [1.807, 2.05) is 0 Å². The fraction of sp³-hybridized carbons (Fsp3) is 1.00. The molecule has 6 aliphatic heterocycles. The summed E-state index contributed by atoms with van der Waals surface area (Å²) in [6, 6.07) is 3.23. The largest absolute Gasteiger partial charge is 1.00 e. The van der Waals surface area contributed by atoms with E-state index >= 15 is 0 Å². The van der Waals surface area contributed by atoms with E-state index in [-0.39, 0.29) is 92.0 Å². The number of rotatable bonds is 12. The minimum atomic E-state index is 0. The van der Waals surface area contributed by atoms with E-state index in [1.165, 1.54) is 231 Å². The van der Waals surface area contributed by atoms with Crippen LogP contribution >= 0.6 is 0 Å². The van der Waals surface area contributed by atoms with Crippen molar-refractivity contribution in [1.29, 1.82) is 0 Å². The molecular weight excluding hydrogens is 1190 g/mol. The molecule has 6 atom stereocenters. The second-order valence-corrected chi connectivity index (χ2v) is 24.9. The molecule has 0 aromatic heterocycles. The van der Waals surface area contributed by atoms with Crippen molar-refractivity contribution in [3.05, 3.63) is 44.9 Å². The SMILES string of the molecule is C1CCC(C2CCN(C(N3CCC(C4CCCCC4)[N-]3)N3CCC(C4CCCCC4)[N-]3)[N-]2)CC1.C1CCC(C2CCN(C(N3CCC(C4CCCCC4)[N-]3)N3CCC(C4CCCCC4)[N-]3)[N-]2)CC1.[Ag+].[Ag+].[Ag+].[NH2-].[NH2-]. The van der Waals surface area contributed by atoms with Gasteiger partial charge in [0.25, 0.3) is 0 Å². The zero-order chi connectivity index (χ0) is 45.5. The molecule has 14 nitrogen and oxygen atoms in total. The van der Waals surface area contributed by atoms with Crippen LogP contribution in [0.3, 0.4) is 0 Å². The molecule has 6 saturated carbocycles. The third-order valence-corrected chi connectivity index (χ3v) is 20.5. The fourth-order valence-corrected chi connectivity index (χ4v) is 16.5. The van der Waals surface area contributed by atoms with Crippen LogP contribution in [0.15, 0.2) is 0 Å². The van der Waals surface area contributed by atoms with Gasteiger partial charge in [-0.25, -0.2) is 0 Å². The van der Waals surface area contributed by atoms with Crippen LogP contribution in [0.1, 0.15) is 231 Å². The maximum Gasteiger partial charge on any atom is 1.00 e. The first kappa shape index (κ1) is 63.8. The summed E-state index contributed by atoms with van der Waals surface area (Å²) in [5, 5.41) is 14.7. The average Bonchev–Trinajstić information content (AvgIpc) is 4.29. The van der Waals surface area contributed by atoms with E-state index in [1.54, 1.807) is 0 Å². The first-order chi connectivity index (χ1) is 33.7. The van der Waals surface area contributed by atoms with Crippen LogP contribution in [-0.4, -0.2) is 118 Å². The molecule has 6 saturated heterocycles. The van der Waals surface area contributed by atoms with Gasteiger partial charge in [-0.05, 0) is 39.3 Å². The third-order valence-electron chi connectivity index (χ3n) is 20.5. The molecular formula is C56H102Ag3N14-5. The van der Waals surface area contributed by atoms with E-state index in [0.717, 1.165) is 74.8 Å². The van der Waals surface area contributed by atoms with Gasteiger partial charge in [-0.2, -0.15) is 0 Å². The Morgan fingerprint density at radius 2 is 0.342 bits per heavy atom. The van der Waals surface area contributed by atoms with Crippen LogP contribution in [-0.2, 0) is 67.1 Å². The summed E-state index contributed by atoms with van der Waals surface area (Å²) < 4.78 is 0. The molecule has 6 aliphatic carbocycles. The monoisotopic (exact) mass is 1290 g/mol. The molecule has 6 unspecified atom stereocenters. The Kier molecular flexibility index (Phi) is 28.3. The van der Waals surface area contributed by atoms with E-state index < -0.39 is 0 Å². The topological polar surface area (TPSA) is 171 Å². The Balaban J connectivity index is 0.000000223. The smallest absolute Gasteiger partial charge is 0.693 e.